The van der Waals surface area contributed by atoms with Gasteiger partial charge in [0, 0.05) is 41.5 Å². The highest BCUT2D eigenvalue weighted by molar-refractivity contribution is 6.00. The van der Waals surface area contributed by atoms with Crippen LogP contribution in [0.5, 0.6) is 0 Å². The number of carboxylic acid groups (broad SMARTS) is 1. The summed E-state index contributed by atoms with van der Waals surface area (Å²) < 4.78 is 0. The summed E-state index contributed by atoms with van der Waals surface area (Å²) in [4.78, 5) is 19.1. The maximum absolute atomic E-state index is 10.9. The Hall–Kier alpha value is -4.84. The van der Waals surface area contributed by atoms with Crippen LogP contribution < -0.4 is 5.73 Å². The van der Waals surface area contributed by atoms with Crippen molar-refractivity contribution >= 4 is 35.1 Å². The van der Waals surface area contributed by atoms with Crippen molar-refractivity contribution in [2.45, 2.75) is 13.3 Å². The number of benzene rings is 3. The number of rotatable bonds is 8. The highest BCUT2D eigenvalue weighted by Gasteiger charge is 2.15. The topological polar surface area (TPSA) is 113 Å². The molecule has 178 valence electrons. The van der Waals surface area contributed by atoms with Gasteiger partial charge in [-0.1, -0.05) is 61.5 Å². The van der Waals surface area contributed by atoms with Gasteiger partial charge in [0.1, 0.15) is 6.33 Å². The molecule has 0 bridgehead atoms. The Kier molecular flexibility index (Phi) is 7.46. The van der Waals surface area contributed by atoms with E-state index in [1.807, 2.05) is 42.5 Å². The van der Waals surface area contributed by atoms with Crippen LogP contribution in [0.2, 0.25) is 0 Å². The molecule has 1 heterocycles. The number of hydrogen-bond donors (Lipinski definition) is 3. The van der Waals surface area contributed by atoms with Gasteiger partial charge < -0.3 is 16.2 Å². The lowest BCUT2D eigenvalue weighted by atomic mass is 9.86. The van der Waals surface area contributed by atoms with Crippen LogP contribution in [0, 0.1) is 5.41 Å². The Labute approximate surface area is 210 Å². The third-order valence-corrected chi connectivity index (χ3v) is 5.93. The van der Waals surface area contributed by atoms with Crippen molar-refractivity contribution in [1.82, 2.24) is 9.97 Å². The fraction of sp³-hybridized carbons (Fsp3) is 0.0667. The summed E-state index contributed by atoms with van der Waals surface area (Å²) in [5, 5.41) is 16.7. The number of nitrogens with one attached hydrogen (secondary N) is 1. The molecule has 0 unspecified atom stereocenters. The van der Waals surface area contributed by atoms with E-state index in [2.05, 4.69) is 41.2 Å². The lowest BCUT2D eigenvalue weighted by Crippen LogP contribution is -1.99. The lowest BCUT2D eigenvalue weighted by Gasteiger charge is -2.18. The van der Waals surface area contributed by atoms with Gasteiger partial charge in [-0.2, -0.15) is 0 Å². The number of nitrogen functional groups attached to an aromatic ring is 1. The molecule has 4 N–H and O–H groups in total. The average molecular weight is 475 g/mol. The predicted octanol–water partition coefficient (Wildman–Crippen LogP) is 6.19. The highest BCUT2D eigenvalue weighted by Crippen LogP contribution is 2.36. The minimum Gasteiger partial charge on any atom is -0.478 e. The Morgan fingerprint density at radius 3 is 2.17 bits per heavy atom. The molecule has 0 aliphatic carbocycles. The smallest absolute Gasteiger partial charge is 0.328 e. The lowest BCUT2D eigenvalue weighted by molar-refractivity contribution is -0.131. The van der Waals surface area contributed by atoms with Crippen molar-refractivity contribution < 1.29 is 9.90 Å². The quantitative estimate of drug-likeness (QED) is 0.122. The number of aliphatic carboxylic acids is 1. The van der Waals surface area contributed by atoms with Gasteiger partial charge in [-0.25, -0.2) is 14.8 Å². The van der Waals surface area contributed by atoms with Crippen LogP contribution in [0.3, 0.4) is 0 Å². The zero-order valence-corrected chi connectivity index (χ0v) is 19.8. The molecule has 0 aliphatic rings. The van der Waals surface area contributed by atoms with E-state index >= 15 is 0 Å². The maximum atomic E-state index is 10.9. The van der Waals surface area contributed by atoms with Crippen molar-refractivity contribution in [2.24, 2.45) is 0 Å². The maximum Gasteiger partial charge on any atom is 0.328 e. The third kappa shape index (κ3) is 5.45. The predicted molar refractivity (Wildman–Crippen MR) is 146 cm³/mol. The van der Waals surface area contributed by atoms with Crippen molar-refractivity contribution in [3.8, 4) is 11.1 Å². The van der Waals surface area contributed by atoms with Crippen LogP contribution >= 0.6 is 0 Å². The fourth-order valence-corrected chi connectivity index (χ4v) is 4.14. The van der Waals surface area contributed by atoms with E-state index in [1.165, 1.54) is 12.5 Å². The van der Waals surface area contributed by atoms with Crippen LogP contribution in [-0.4, -0.2) is 27.3 Å². The van der Waals surface area contributed by atoms with Gasteiger partial charge >= 0.3 is 5.97 Å². The molecule has 36 heavy (non-hydrogen) atoms. The van der Waals surface area contributed by atoms with E-state index in [-0.39, 0.29) is 0 Å². The average Bonchev–Trinajstić information content (AvgIpc) is 2.92. The third-order valence-electron chi connectivity index (χ3n) is 5.93. The second-order valence-electron chi connectivity index (χ2n) is 8.19. The van der Waals surface area contributed by atoms with Gasteiger partial charge in [0.25, 0.3) is 0 Å². The standard InChI is InChI=1S/C30H26N4O2/c1-2-27(22-10-8-21(9-11-22)26-17-33-19-34-18-26)30(24-12-13-28(32)25(15-24)16-31)23-6-3-20(4-7-23)5-14-29(35)36/h3-19,31H,2,32H2,1H3,(H,35,36)/b14-5+,30-27+,31-16?. The first-order valence-electron chi connectivity index (χ1n) is 11.5. The number of nitrogens with two attached hydrogens (primary N) is 1. The zero-order chi connectivity index (χ0) is 25.5. The van der Waals surface area contributed by atoms with Gasteiger partial charge in [-0.05, 0) is 63.6 Å². The zero-order valence-electron chi connectivity index (χ0n) is 19.8. The fourth-order valence-electron chi connectivity index (χ4n) is 4.14. The summed E-state index contributed by atoms with van der Waals surface area (Å²) in [5.41, 5.74) is 15.2. The Morgan fingerprint density at radius 2 is 1.56 bits per heavy atom. The highest BCUT2D eigenvalue weighted by atomic mass is 16.4. The van der Waals surface area contributed by atoms with E-state index in [9.17, 15) is 4.79 Å². The van der Waals surface area contributed by atoms with E-state index in [4.69, 9.17) is 16.2 Å². The van der Waals surface area contributed by atoms with Crippen molar-refractivity contribution in [2.75, 3.05) is 5.73 Å². The molecule has 0 radical (unpaired) electrons. The van der Waals surface area contributed by atoms with Crippen molar-refractivity contribution in [1.29, 1.82) is 5.41 Å². The van der Waals surface area contributed by atoms with Crippen LogP contribution in [-0.2, 0) is 4.79 Å². The van der Waals surface area contributed by atoms with Gasteiger partial charge in [0.05, 0.1) is 0 Å². The summed E-state index contributed by atoms with van der Waals surface area (Å²) >= 11 is 0. The van der Waals surface area contributed by atoms with Crippen LogP contribution in [0.15, 0.2) is 91.5 Å². The molecule has 6 nitrogen and oxygen atoms in total. The first kappa shape index (κ1) is 24.3. The molecule has 0 atom stereocenters. The molecule has 0 spiro atoms. The van der Waals surface area contributed by atoms with Crippen molar-refractivity contribution in [3.63, 3.8) is 0 Å². The number of allylic oxidation sites excluding steroid dienone is 1. The SMILES string of the molecule is CC/C(=C(/c1ccc(/C=C/C(=O)O)cc1)c1ccc(N)c(C=N)c1)c1ccc(-c2cncnc2)cc1. The minimum atomic E-state index is -0.987. The minimum absolute atomic E-state index is 0.551. The van der Waals surface area contributed by atoms with Gasteiger partial charge in [-0.15, -0.1) is 0 Å². The van der Waals surface area contributed by atoms with E-state index in [0.717, 1.165) is 57.0 Å². The number of carbonyl (C=O) groups is 1. The van der Waals surface area contributed by atoms with Crippen LogP contribution in [0.25, 0.3) is 28.3 Å². The second-order valence-corrected chi connectivity index (χ2v) is 8.19. The molecule has 1 aromatic heterocycles. The molecular weight excluding hydrogens is 448 g/mol. The summed E-state index contributed by atoms with van der Waals surface area (Å²) in [5.74, 6) is -0.987. The number of hydrogen-bond acceptors (Lipinski definition) is 5. The molecule has 3 aromatic carbocycles. The molecule has 0 saturated heterocycles. The molecule has 0 saturated carbocycles. The van der Waals surface area contributed by atoms with Gasteiger partial charge in [-0.3, -0.25) is 0 Å². The number of carboxylic acids is 1. The summed E-state index contributed by atoms with van der Waals surface area (Å²) in [6.07, 6.45) is 9.82. The normalized spacial score (nSPS) is 11.8. The Balaban J connectivity index is 1.86. The van der Waals surface area contributed by atoms with Crippen LogP contribution in [0.1, 0.15) is 41.2 Å². The molecule has 6 heteroatoms. The number of nitrogens with zero attached hydrogens (tertiary/aromatic N) is 2. The number of anilines is 1. The summed E-state index contributed by atoms with van der Waals surface area (Å²) in [6, 6.07) is 21.8. The molecule has 4 rings (SSSR count). The molecule has 0 amide bonds. The van der Waals surface area contributed by atoms with Gasteiger partial charge in [0.15, 0.2) is 0 Å². The second kappa shape index (κ2) is 11.1. The van der Waals surface area contributed by atoms with Gasteiger partial charge in [0.2, 0.25) is 0 Å². The molecule has 4 aromatic rings. The first-order chi connectivity index (χ1) is 17.5. The van der Waals surface area contributed by atoms with E-state index in [1.54, 1.807) is 18.5 Å². The van der Waals surface area contributed by atoms with Crippen molar-refractivity contribution in [3.05, 3.63) is 119 Å². The monoisotopic (exact) mass is 474 g/mol. The summed E-state index contributed by atoms with van der Waals surface area (Å²) in [7, 11) is 0. The van der Waals surface area contributed by atoms with Crippen LogP contribution in [0.4, 0.5) is 5.69 Å². The Morgan fingerprint density at radius 1 is 0.917 bits per heavy atom. The largest absolute Gasteiger partial charge is 0.478 e. The Bertz CT molecular complexity index is 1440. The van der Waals surface area contributed by atoms with E-state index < -0.39 is 5.97 Å². The molecule has 0 fully saturated rings. The molecule has 0 aliphatic heterocycles. The van der Waals surface area contributed by atoms with E-state index in [0.29, 0.717) is 11.3 Å². The first-order valence-corrected chi connectivity index (χ1v) is 11.5. The number of aromatic nitrogens is 2. The molecular formula is C30H26N4O2. The summed E-state index contributed by atoms with van der Waals surface area (Å²) in [6.45, 7) is 2.12.